The van der Waals surface area contributed by atoms with E-state index in [4.69, 9.17) is 0 Å². The molecule has 0 N–H and O–H groups in total. The van der Waals surface area contributed by atoms with Crippen molar-refractivity contribution in [3.8, 4) is 0 Å². The Morgan fingerprint density at radius 3 is 2.45 bits per heavy atom. The number of aryl methyl sites for hydroxylation is 1. The first-order valence-corrected chi connectivity index (χ1v) is 10.8. The summed E-state index contributed by atoms with van der Waals surface area (Å²) in [5.74, 6) is 0.0943. The van der Waals surface area contributed by atoms with Gasteiger partial charge in [0.1, 0.15) is 6.04 Å². The molecule has 3 heterocycles. The maximum atomic E-state index is 13.6. The minimum absolute atomic E-state index is 0.0394. The van der Waals surface area contributed by atoms with Crippen LogP contribution in [0.1, 0.15) is 37.7 Å². The summed E-state index contributed by atoms with van der Waals surface area (Å²) < 4.78 is 0. The van der Waals surface area contributed by atoms with E-state index in [1.54, 1.807) is 4.90 Å². The van der Waals surface area contributed by atoms with E-state index in [1.165, 1.54) is 24.1 Å². The van der Waals surface area contributed by atoms with Gasteiger partial charge in [-0.1, -0.05) is 24.3 Å². The second-order valence-electron chi connectivity index (χ2n) is 8.25. The number of fused-ring (bicyclic) bond motifs is 1. The smallest absolute Gasteiger partial charge is 0.250 e. The molecule has 2 aromatic rings. The summed E-state index contributed by atoms with van der Waals surface area (Å²) >= 11 is 0. The number of rotatable bonds is 3. The molecule has 0 aromatic heterocycles. The zero-order chi connectivity index (χ0) is 19.8. The molecule has 0 saturated carbocycles. The lowest BCUT2D eigenvalue weighted by atomic mass is 9.99. The predicted molar refractivity (Wildman–Crippen MR) is 116 cm³/mol. The second-order valence-corrected chi connectivity index (χ2v) is 8.25. The molecule has 2 aromatic carbocycles. The average molecular weight is 389 g/mol. The van der Waals surface area contributed by atoms with E-state index in [9.17, 15) is 9.59 Å². The molecule has 1 atom stereocenters. The molecule has 2 amide bonds. The van der Waals surface area contributed by atoms with Crippen molar-refractivity contribution in [2.75, 3.05) is 34.3 Å². The Bertz CT molecular complexity index is 921. The molecule has 5 rings (SSSR count). The van der Waals surface area contributed by atoms with Crippen LogP contribution in [-0.2, 0) is 16.0 Å². The highest BCUT2D eigenvalue weighted by atomic mass is 16.2. The van der Waals surface area contributed by atoms with Crippen molar-refractivity contribution >= 4 is 28.9 Å². The van der Waals surface area contributed by atoms with Gasteiger partial charge in [-0.2, -0.15) is 0 Å². The van der Waals surface area contributed by atoms with Crippen LogP contribution in [0.4, 0.5) is 17.1 Å². The monoisotopic (exact) mass is 389 g/mol. The highest BCUT2D eigenvalue weighted by molar-refractivity contribution is 6.09. The Balaban J connectivity index is 1.46. The molecular formula is C24H27N3O2. The fourth-order valence-electron chi connectivity index (χ4n) is 4.97. The summed E-state index contributed by atoms with van der Waals surface area (Å²) in [5, 5.41) is 0. The number of nitrogens with zero attached hydrogens (tertiary/aromatic N) is 3. The average Bonchev–Trinajstić information content (AvgIpc) is 3.43. The molecule has 2 saturated heterocycles. The van der Waals surface area contributed by atoms with Crippen LogP contribution in [0.15, 0.2) is 48.5 Å². The van der Waals surface area contributed by atoms with Crippen molar-refractivity contribution < 1.29 is 9.59 Å². The lowest BCUT2D eigenvalue weighted by Gasteiger charge is -2.35. The highest BCUT2D eigenvalue weighted by Gasteiger charge is 2.40. The number of hydrogen-bond donors (Lipinski definition) is 0. The molecule has 3 aliphatic rings. The fourth-order valence-corrected chi connectivity index (χ4v) is 4.97. The zero-order valence-corrected chi connectivity index (χ0v) is 16.7. The van der Waals surface area contributed by atoms with Crippen LogP contribution in [0.25, 0.3) is 0 Å². The van der Waals surface area contributed by atoms with Gasteiger partial charge in [0, 0.05) is 43.1 Å². The van der Waals surface area contributed by atoms with Gasteiger partial charge in [-0.15, -0.1) is 0 Å². The molecule has 0 aliphatic carbocycles. The van der Waals surface area contributed by atoms with Crippen LogP contribution in [0.5, 0.6) is 0 Å². The van der Waals surface area contributed by atoms with Gasteiger partial charge in [0.25, 0.3) is 0 Å². The van der Waals surface area contributed by atoms with Crippen molar-refractivity contribution in [3.63, 3.8) is 0 Å². The zero-order valence-electron chi connectivity index (χ0n) is 16.7. The van der Waals surface area contributed by atoms with E-state index in [-0.39, 0.29) is 11.8 Å². The normalized spacial score (nSPS) is 21.6. The van der Waals surface area contributed by atoms with Crippen LogP contribution >= 0.6 is 0 Å². The summed E-state index contributed by atoms with van der Waals surface area (Å²) in [6, 6.07) is 15.8. The molecule has 0 bridgehead atoms. The van der Waals surface area contributed by atoms with Crippen molar-refractivity contribution in [1.29, 1.82) is 0 Å². The molecule has 2 fully saturated rings. The SMILES string of the molecule is O=C(C1CCC(=O)N1c1ccccc1)N1CCCc2ccc(N3CCCC3)cc21. The minimum Gasteiger partial charge on any atom is -0.371 e. The van der Waals surface area contributed by atoms with E-state index in [0.717, 1.165) is 43.9 Å². The third kappa shape index (κ3) is 3.28. The van der Waals surface area contributed by atoms with Gasteiger partial charge in [-0.3, -0.25) is 14.5 Å². The summed E-state index contributed by atoms with van der Waals surface area (Å²) in [6.07, 6.45) is 5.45. The van der Waals surface area contributed by atoms with Gasteiger partial charge in [-0.25, -0.2) is 0 Å². The molecule has 0 radical (unpaired) electrons. The van der Waals surface area contributed by atoms with E-state index in [0.29, 0.717) is 12.8 Å². The van der Waals surface area contributed by atoms with Crippen molar-refractivity contribution in [3.05, 3.63) is 54.1 Å². The summed E-state index contributed by atoms with van der Waals surface area (Å²) in [6.45, 7) is 2.90. The van der Waals surface area contributed by atoms with Gasteiger partial charge in [-0.05, 0) is 61.9 Å². The third-order valence-electron chi connectivity index (χ3n) is 6.46. The first-order chi connectivity index (χ1) is 14.2. The molecule has 5 nitrogen and oxygen atoms in total. The van der Waals surface area contributed by atoms with Crippen LogP contribution in [0.3, 0.4) is 0 Å². The third-order valence-corrected chi connectivity index (χ3v) is 6.46. The molecular weight excluding hydrogens is 362 g/mol. The van der Waals surface area contributed by atoms with Crippen molar-refractivity contribution in [2.24, 2.45) is 0 Å². The summed E-state index contributed by atoms with van der Waals surface area (Å²) in [5.41, 5.74) is 4.31. The minimum atomic E-state index is -0.411. The Kier molecular flexibility index (Phi) is 4.74. The number of anilines is 3. The van der Waals surface area contributed by atoms with Gasteiger partial charge in [0.05, 0.1) is 0 Å². The number of hydrogen-bond acceptors (Lipinski definition) is 3. The first kappa shape index (κ1) is 18.2. The van der Waals surface area contributed by atoms with E-state index in [2.05, 4.69) is 23.1 Å². The van der Waals surface area contributed by atoms with Gasteiger partial charge in [0.15, 0.2) is 0 Å². The number of amides is 2. The first-order valence-electron chi connectivity index (χ1n) is 10.8. The Labute approximate surface area is 171 Å². The standard InChI is InChI=1S/C24H27N3O2/c28-23-13-12-21(27(23)19-8-2-1-3-9-19)24(29)26-16-6-7-18-10-11-20(17-22(18)26)25-14-4-5-15-25/h1-3,8-11,17,21H,4-7,12-16H2. The predicted octanol–water partition coefficient (Wildman–Crippen LogP) is 3.76. The highest BCUT2D eigenvalue weighted by Crippen LogP contribution is 2.35. The lowest BCUT2D eigenvalue weighted by molar-refractivity contribution is -0.122. The van der Waals surface area contributed by atoms with E-state index in [1.807, 2.05) is 35.2 Å². The maximum absolute atomic E-state index is 13.6. The number of carbonyl (C=O) groups is 2. The summed E-state index contributed by atoms with van der Waals surface area (Å²) in [7, 11) is 0. The van der Waals surface area contributed by atoms with E-state index < -0.39 is 6.04 Å². The lowest BCUT2D eigenvalue weighted by Crippen LogP contribution is -2.48. The van der Waals surface area contributed by atoms with Gasteiger partial charge in [0.2, 0.25) is 11.8 Å². The molecule has 3 aliphatic heterocycles. The fraction of sp³-hybridized carbons (Fsp3) is 0.417. The Morgan fingerprint density at radius 2 is 1.66 bits per heavy atom. The van der Waals surface area contributed by atoms with Crippen LogP contribution in [0.2, 0.25) is 0 Å². The molecule has 5 heteroatoms. The largest absolute Gasteiger partial charge is 0.371 e. The number of carbonyl (C=O) groups excluding carboxylic acids is 2. The second kappa shape index (κ2) is 7.54. The molecule has 1 unspecified atom stereocenters. The molecule has 0 spiro atoms. The van der Waals surface area contributed by atoms with Crippen molar-refractivity contribution in [1.82, 2.24) is 0 Å². The quantitative estimate of drug-likeness (QED) is 0.803. The topological polar surface area (TPSA) is 43.9 Å². The maximum Gasteiger partial charge on any atom is 0.250 e. The van der Waals surface area contributed by atoms with Crippen molar-refractivity contribution in [2.45, 2.75) is 44.6 Å². The summed E-state index contributed by atoms with van der Waals surface area (Å²) in [4.78, 5) is 32.3. The molecule has 29 heavy (non-hydrogen) atoms. The van der Waals surface area contributed by atoms with Crippen LogP contribution in [-0.4, -0.2) is 37.5 Å². The van der Waals surface area contributed by atoms with Gasteiger partial charge >= 0.3 is 0 Å². The molecule has 150 valence electrons. The Morgan fingerprint density at radius 1 is 0.862 bits per heavy atom. The van der Waals surface area contributed by atoms with Crippen LogP contribution in [0, 0.1) is 0 Å². The van der Waals surface area contributed by atoms with E-state index >= 15 is 0 Å². The number of para-hydroxylation sites is 1. The number of benzene rings is 2. The van der Waals surface area contributed by atoms with Crippen LogP contribution < -0.4 is 14.7 Å². The Hall–Kier alpha value is -2.82. The van der Waals surface area contributed by atoms with Gasteiger partial charge < -0.3 is 9.80 Å².